The van der Waals surface area contributed by atoms with E-state index < -0.39 is 0 Å². The summed E-state index contributed by atoms with van der Waals surface area (Å²) in [5.41, 5.74) is 3.20. The summed E-state index contributed by atoms with van der Waals surface area (Å²) in [6.07, 6.45) is 5.32. The lowest BCUT2D eigenvalue weighted by Gasteiger charge is -2.34. The molecule has 1 aliphatic rings. The molecule has 1 atom stereocenters. The average Bonchev–Trinajstić information content (AvgIpc) is 2.40. The van der Waals surface area contributed by atoms with Crippen molar-refractivity contribution >= 4 is 17.7 Å². The minimum atomic E-state index is 0.449. The van der Waals surface area contributed by atoms with Crippen LogP contribution in [0.1, 0.15) is 24.8 Å². The molecule has 1 unspecified atom stereocenters. The number of hydrogen-bond acceptors (Lipinski definition) is 2. The molecule has 1 heterocycles. The van der Waals surface area contributed by atoms with Gasteiger partial charge in [-0.15, -0.1) is 0 Å². The summed E-state index contributed by atoms with van der Waals surface area (Å²) in [7, 11) is 0. The van der Waals surface area contributed by atoms with Crippen molar-refractivity contribution in [1.29, 1.82) is 0 Å². The van der Waals surface area contributed by atoms with Gasteiger partial charge in [0.05, 0.1) is 11.7 Å². The van der Waals surface area contributed by atoms with Crippen LogP contribution >= 0.6 is 12.2 Å². The van der Waals surface area contributed by atoms with Gasteiger partial charge in [0.15, 0.2) is 0 Å². The lowest BCUT2D eigenvalue weighted by molar-refractivity contribution is 0.213. The summed E-state index contributed by atoms with van der Waals surface area (Å²) in [5.74, 6) is 0. The third-order valence-corrected chi connectivity index (χ3v) is 3.59. The Kier molecular flexibility index (Phi) is 4.95. The van der Waals surface area contributed by atoms with Crippen molar-refractivity contribution in [2.24, 2.45) is 0 Å². The second-order valence-electron chi connectivity index (χ2n) is 4.54. The molecule has 0 spiro atoms. The molecule has 0 aliphatic carbocycles. The minimum Gasteiger partial charge on any atom is -0.353 e. The van der Waals surface area contributed by atoms with Crippen molar-refractivity contribution in [2.45, 2.75) is 31.8 Å². The molecular formula is C14H20N2S. The first-order chi connectivity index (χ1) is 8.40. The van der Waals surface area contributed by atoms with Crippen molar-refractivity contribution in [1.82, 2.24) is 10.2 Å². The molecule has 0 amide bonds. The van der Waals surface area contributed by atoms with E-state index in [1.54, 1.807) is 5.49 Å². The lowest BCUT2D eigenvalue weighted by Crippen LogP contribution is -2.48. The van der Waals surface area contributed by atoms with Crippen molar-refractivity contribution in [3.8, 4) is 0 Å². The first-order valence-corrected chi connectivity index (χ1v) is 6.85. The zero-order valence-electron chi connectivity index (χ0n) is 10.1. The quantitative estimate of drug-likeness (QED) is 0.806. The monoisotopic (exact) mass is 248 g/mol. The number of rotatable bonds is 5. The zero-order valence-corrected chi connectivity index (χ0v) is 11.0. The number of nitrogens with zero attached hydrogens (tertiary/aromatic N) is 1. The number of thiocarbonyl (C=S) groups is 1. The van der Waals surface area contributed by atoms with Gasteiger partial charge in [0.1, 0.15) is 0 Å². The van der Waals surface area contributed by atoms with Gasteiger partial charge in [-0.05, 0) is 31.2 Å². The van der Waals surface area contributed by atoms with Gasteiger partial charge in [-0.2, -0.15) is 0 Å². The van der Waals surface area contributed by atoms with Gasteiger partial charge < -0.3 is 4.90 Å². The Labute approximate surface area is 109 Å². The molecule has 2 rings (SSSR count). The van der Waals surface area contributed by atoms with Crippen LogP contribution in [0.4, 0.5) is 0 Å². The van der Waals surface area contributed by atoms with Gasteiger partial charge in [-0.3, -0.25) is 5.32 Å². The first kappa shape index (κ1) is 12.5. The maximum absolute atomic E-state index is 5.05. The molecule has 1 fully saturated rings. The topological polar surface area (TPSA) is 15.3 Å². The molecule has 17 heavy (non-hydrogen) atoms. The van der Waals surface area contributed by atoms with Crippen molar-refractivity contribution in [3.05, 3.63) is 35.9 Å². The molecule has 0 saturated carbocycles. The fourth-order valence-corrected chi connectivity index (χ4v) is 2.58. The van der Waals surface area contributed by atoms with E-state index in [4.69, 9.17) is 12.2 Å². The molecule has 1 N–H and O–H groups in total. The van der Waals surface area contributed by atoms with Crippen molar-refractivity contribution in [3.63, 3.8) is 0 Å². The maximum Gasteiger partial charge on any atom is 0.0798 e. The van der Waals surface area contributed by atoms with Crippen molar-refractivity contribution in [2.75, 3.05) is 13.1 Å². The predicted octanol–water partition coefficient (Wildman–Crippen LogP) is 2.59. The van der Waals surface area contributed by atoms with E-state index in [0.717, 1.165) is 19.5 Å². The number of benzene rings is 1. The van der Waals surface area contributed by atoms with Gasteiger partial charge in [0, 0.05) is 13.1 Å². The van der Waals surface area contributed by atoms with Crippen LogP contribution in [0.15, 0.2) is 30.3 Å². The normalized spacial score (nSPS) is 20.2. The third-order valence-electron chi connectivity index (χ3n) is 3.32. The van der Waals surface area contributed by atoms with E-state index in [0.29, 0.717) is 6.17 Å². The van der Waals surface area contributed by atoms with E-state index >= 15 is 0 Å². The fraction of sp³-hybridized carbons (Fsp3) is 0.500. The predicted molar refractivity (Wildman–Crippen MR) is 76.1 cm³/mol. The SMILES string of the molecule is S=CN1CCCCC1NCCc1ccccc1. The molecule has 0 radical (unpaired) electrons. The molecule has 0 bridgehead atoms. The van der Waals surface area contributed by atoms with E-state index in [-0.39, 0.29) is 0 Å². The molecular weight excluding hydrogens is 228 g/mol. The zero-order chi connectivity index (χ0) is 11.9. The summed E-state index contributed by atoms with van der Waals surface area (Å²) in [5, 5.41) is 3.60. The van der Waals surface area contributed by atoms with Crippen LogP contribution in [0.5, 0.6) is 0 Å². The number of hydrogen-bond donors (Lipinski definition) is 1. The summed E-state index contributed by atoms with van der Waals surface area (Å²) >= 11 is 5.05. The second-order valence-corrected chi connectivity index (χ2v) is 4.76. The molecule has 2 nitrogen and oxygen atoms in total. The van der Waals surface area contributed by atoms with Crippen molar-refractivity contribution < 1.29 is 0 Å². The van der Waals surface area contributed by atoms with Crippen LogP contribution in [0.3, 0.4) is 0 Å². The van der Waals surface area contributed by atoms with Gasteiger partial charge in [0.2, 0.25) is 0 Å². The maximum atomic E-state index is 5.05. The highest BCUT2D eigenvalue weighted by Gasteiger charge is 2.18. The van der Waals surface area contributed by atoms with Gasteiger partial charge in [-0.25, -0.2) is 0 Å². The number of likely N-dealkylation sites (tertiary alicyclic amines) is 1. The number of piperidine rings is 1. The molecule has 0 aromatic heterocycles. The third kappa shape index (κ3) is 3.79. The van der Waals surface area contributed by atoms with Gasteiger partial charge in [-0.1, -0.05) is 42.5 Å². The van der Waals surface area contributed by atoms with Crippen LogP contribution < -0.4 is 5.32 Å². The van der Waals surface area contributed by atoms with Gasteiger partial charge in [0.25, 0.3) is 0 Å². The largest absolute Gasteiger partial charge is 0.353 e. The van der Waals surface area contributed by atoms with E-state index in [1.807, 2.05) is 0 Å². The summed E-state index contributed by atoms with van der Waals surface area (Å²) in [6.45, 7) is 2.13. The summed E-state index contributed by atoms with van der Waals surface area (Å²) in [6, 6.07) is 10.6. The average molecular weight is 248 g/mol. The summed E-state index contributed by atoms with van der Waals surface area (Å²) in [4.78, 5) is 2.25. The Morgan fingerprint density at radius 2 is 2.12 bits per heavy atom. The Balaban J connectivity index is 1.75. The number of nitrogens with one attached hydrogen (secondary N) is 1. The van der Waals surface area contributed by atoms with Crippen LogP contribution in [0.2, 0.25) is 0 Å². The van der Waals surface area contributed by atoms with Crippen LogP contribution in [0.25, 0.3) is 0 Å². The second kappa shape index (κ2) is 6.72. The highest BCUT2D eigenvalue weighted by atomic mass is 32.1. The molecule has 1 aromatic rings. The highest BCUT2D eigenvalue weighted by Crippen LogP contribution is 2.13. The Bertz CT molecular complexity index is 339. The van der Waals surface area contributed by atoms with E-state index in [1.165, 1.54) is 24.8 Å². The van der Waals surface area contributed by atoms with E-state index in [9.17, 15) is 0 Å². The lowest BCUT2D eigenvalue weighted by atomic mass is 10.1. The van der Waals surface area contributed by atoms with Crippen LogP contribution in [-0.2, 0) is 6.42 Å². The fourth-order valence-electron chi connectivity index (χ4n) is 2.33. The minimum absolute atomic E-state index is 0.449. The molecule has 92 valence electrons. The Hall–Kier alpha value is -0.930. The smallest absolute Gasteiger partial charge is 0.0798 e. The van der Waals surface area contributed by atoms with Gasteiger partial charge >= 0.3 is 0 Å². The van der Waals surface area contributed by atoms with Crippen LogP contribution in [0, 0.1) is 0 Å². The molecule has 1 aromatic carbocycles. The van der Waals surface area contributed by atoms with Crippen LogP contribution in [-0.4, -0.2) is 29.6 Å². The molecule has 3 heteroatoms. The molecule has 1 saturated heterocycles. The Morgan fingerprint density at radius 3 is 2.88 bits per heavy atom. The molecule has 1 aliphatic heterocycles. The summed E-state index contributed by atoms with van der Waals surface area (Å²) < 4.78 is 0. The first-order valence-electron chi connectivity index (χ1n) is 6.38. The Morgan fingerprint density at radius 1 is 1.29 bits per heavy atom. The standard InChI is InChI=1S/C14H20N2S/c17-12-16-11-5-4-8-14(16)15-10-9-13-6-2-1-3-7-13/h1-3,6-7,12,14-15H,4-5,8-11H2. The highest BCUT2D eigenvalue weighted by molar-refractivity contribution is 7.78. The van der Waals surface area contributed by atoms with E-state index in [2.05, 4.69) is 40.5 Å².